The standard InChI is InChI=1S/C13H18BrNO2S/c1-10(16)6-8-15-13(17)7-9-18-12-4-2-11(14)3-5-12/h2-5,10,16H,6-9H2,1H3,(H,15,17). The molecule has 1 aromatic carbocycles. The summed E-state index contributed by atoms with van der Waals surface area (Å²) >= 11 is 5.05. The number of aliphatic hydroxyl groups excluding tert-OH is 1. The average Bonchev–Trinajstić information content (AvgIpc) is 2.31. The summed E-state index contributed by atoms with van der Waals surface area (Å²) in [4.78, 5) is 12.6. The predicted molar refractivity (Wildman–Crippen MR) is 78.8 cm³/mol. The number of hydrogen-bond donors (Lipinski definition) is 2. The molecule has 1 atom stereocenters. The number of amides is 1. The predicted octanol–water partition coefficient (Wildman–Crippen LogP) is 2.82. The summed E-state index contributed by atoms with van der Waals surface area (Å²) in [7, 11) is 0. The van der Waals surface area contributed by atoms with Gasteiger partial charge in [0.15, 0.2) is 0 Å². The van der Waals surface area contributed by atoms with E-state index in [1.54, 1.807) is 18.7 Å². The number of carbonyl (C=O) groups is 1. The van der Waals surface area contributed by atoms with Gasteiger partial charge in [0, 0.05) is 28.1 Å². The molecule has 0 saturated heterocycles. The second-order valence-corrected chi connectivity index (χ2v) is 6.12. The summed E-state index contributed by atoms with van der Waals surface area (Å²) in [5, 5.41) is 11.8. The van der Waals surface area contributed by atoms with Crippen LogP contribution >= 0.6 is 27.7 Å². The minimum atomic E-state index is -0.359. The van der Waals surface area contributed by atoms with Gasteiger partial charge in [-0.25, -0.2) is 0 Å². The molecule has 1 unspecified atom stereocenters. The van der Waals surface area contributed by atoms with E-state index in [9.17, 15) is 4.79 Å². The molecule has 0 aliphatic carbocycles. The Bertz CT molecular complexity index is 368. The van der Waals surface area contributed by atoms with Crippen LogP contribution in [0.1, 0.15) is 19.8 Å². The van der Waals surface area contributed by atoms with Crippen molar-refractivity contribution in [3.63, 3.8) is 0 Å². The van der Waals surface area contributed by atoms with Crippen molar-refractivity contribution in [1.29, 1.82) is 0 Å². The Morgan fingerprint density at radius 2 is 2.11 bits per heavy atom. The van der Waals surface area contributed by atoms with E-state index in [1.165, 1.54) is 0 Å². The van der Waals surface area contributed by atoms with Crippen LogP contribution in [-0.4, -0.2) is 29.4 Å². The lowest BCUT2D eigenvalue weighted by molar-refractivity contribution is -0.120. The Morgan fingerprint density at radius 3 is 2.72 bits per heavy atom. The van der Waals surface area contributed by atoms with E-state index >= 15 is 0 Å². The molecule has 0 radical (unpaired) electrons. The lowest BCUT2D eigenvalue weighted by atomic mass is 10.3. The quantitative estimate of drug-likeness (QED) is 0.755. The molecule has 0 aromatic heterocycles. The van der Waals surface area contributed by atoms with Gasteiger partial charge in [-0.1, -0.05) is 15.9 Å². The minimum Gasteiger partial charge on any atom is -0.393 e. The molecule has 5 heteroatoms. The van der Waals surface area contributed by atoms with Gasteiger partial charge < -0.3 is 10.4 Å². The SMILES string of the molecule is CC(O)CCNC(=O)CCSc1ccc(Br)cc1. The van der Waals surface area contributed by atoms with Crippen LogP contribution in [0.25, 0.3) is 0 Å². The van der Waals surface area contributed by atoms with Gasteiger partial charge in [-0.15, -0.1) is 11.8 Å². The summed E-state index contributed by atoms with van der Waals surface area (Å²) in [6.07, 6.45) is 0.744. The molecular weight excluding hydrogens is 314 g/mol. The minimum absolute atomic E-state index is 0.0419. The first-order chi connectivity index (χ1) is 8.58. The van der Waals surface area contributed by atoms with E-state index in [4.69, 9.17) is 5.11 Å². The van der Waals surface area contributed by atoms with E-state index in [1.807, 2.05) is 24.3 Å². The maximum atomic E-state index is 11.5. The number of rotatable bonds is 7. The van der Waals surface area contributed by atoms with E-state index < -0.39 is 0 Å². The van der Waals surface area contributed by atoms with Gasteiger partial charge in [-0.05, 0) is 37.6 Å². The molecule has 18 heavy (non-hydrogen) atoms. The highest BCUT2D eigenvalue weighted by molar-refractivity contribution is 9.10. The van der Waals surface area contributed by atoms with Crippen molar-refractivity contribution < 1.29 is 9.90 Å². The molecule has 0 aliphatic heterocycles. The number of carbonyl (C=O) groups excluding carboxylic acids is 1. The normalized spacial score (nSPS) is 12.2. The lowest BCUT2D eigenvalue weighted by Crippen LogP contribution is -2.26. The molecule has 0 fully saturated rings. The molecule has 3 nitrogen and oxygen atoms in total. The molecule has 0 spiro atoms. The summed E-state index contributed by atoms with van der Waals surface area (Å²) in [6.45, 7) is 2.26. The summed E-state index contributed by atoms with van der Waals surface area (Å²) in [5.41, 5.74) is 0. The second kappa shape index (κ2) is 8.56. The maximum Gasteiger partial charge on any atom is 0.220 e. The Hall–Kier alpha value is -0.520. The molecular formula is C13H18BrNO2S. The van der Waals surface area contributed by atoms with E-state index in [0.29, 0.717) is 19.4 Å². The molecule has 1 aromatic rings. The fourth-order valence-electron chi connectivity index (χ4n) is 1.30. The highest BCUT2D eigenvalue weighted by atomic mass is 79.9. The fraction of sp³-hybridized carbons (Fsp3) is 0.462. The number of halogens is 1. The third-order valence-corrected chi connectivity index (χ3v) is 3.84. The van der Waals surface area contributed by atoms with Crippen LogP contribution in [0.5, 0.6) is 0 Å². The van der Waals surface area contributed by atoms with Crippen LogP contribution in [-0.2, 0) is 4.79 Å². The monoisotopic (exact) mass is 331 g/mol. The van der Waals surface area contributed by atoms with Crippen LogP contribution in [0.4, 0.5) is 0 Å². The highest BCUT2D eigenvalue weighted by Gasteiger charge is 2.02. The average molecular weight is 332 g/mol. The van der Waals surface area contributed by atoms with Crippen molar-refractivity contribution >= 4 is 33.6 Å². The number of aliphatic hydroxyl groups is 1. The molecule has 2 N–H and O–H groups in total. The molecule has 0 bridgehead atoms. The first-order valence-corrected chi connectivity index (χ1v) is 7.69. The highest BCUT2D eigenvalue weighted by Crippen LogP contribution is 2.20. The largest absolute Gasteiger partial charge is 0.393 e. The van der Waals surface area contributed by atoms with Crippen molar-refractivity contribution in [2.45, 2.75) is 30.8 Å². The maximum absolute atomic E-state index is 11.5. The van der Waals surface area contributed by atoms with Gasteiger partial charge in [-0.2, -0.15) is 0 Å². The Labute approximate surface area is 120 Å². The molecule has 100 valence electrons. The van der Waals surface area contributed by atoms with Crippen LogP contribution in [0, 0.1) is 0 Å². The van der Waals surface area contributed by atoms with Crippen LogP contribution in [0.2, 0.25) is 0 Å². The summed E-state index contributed by atoms with van der Waals surface area (Å²) in [6, 6.07) is 8.04. The number of thioether (sulfide) groups is 1. The van der Waals surface area contributed by atoms with Crippen molar-refractivity contribution in [3.8, 4) is 0 Å². The van der Waals surface area contributed by atoms with E-state index in [0.717, 1.165) is 15.1 Å². The second-order valence-electron chi connectivity index (χ2n) is 4.04. The molecule has 1 rings (SSSR count). The van der Waals surface area contributed by atoms with Crippen LogP contribution in [0.3, 0.4) is 0 Å². The van der Waals surface area contributed by atoms with Gasteiger partial charge in [0.1, 0.15) is 0 Å². The molecule has 0 heterocycles. The zero-order chi connectivity index (χ0) is 13.4. The van der Waals surface area contributed by atoms with Gasteiger partial charge >= 0.3 is 0 Å². The van der Waals surface area contributed by atoms with Crippen LogP contribution in [0.15, 0.2) is 33.6 Å². The first-order valence-electron chi connectivity index (χ1n) is 5.91. The number of hydrogen-bond acceptors (Lipinski definition) is 3. The van der Waals surface area contributed by atoms with E-state index in [2.05, 4.69) is 21.2 Å². The van der Waals surface area contributed by atoms with Crippen LogP contribution < -0.4 is 5.32 Å². The third kappa shape index (κ3) is 7.03. The number of nitrogens with one attached hydrogen (secondary N) is 1. The van der Waals surface area contributed by atoms with Gasteiger partial charge in [0.2, 0.25) is 5.91 Å². The Balaban J connectivity index is 2.13. The first kappa shape index (κ1) is 15.5. The molecule has 0 saturated carbocycles. The zero-order valence-corrected chi connectivity index (χ0v) is 12.8. The van der Waals surface area contributed by atoms with Crippen molar-refractivity contribution in [1.82, 2.24) is 5.32 Å². The van der Waals surface area contributed by atoms with Gasteiger partial charge in [0.25, 0.3) is 0 Å². The zero-order valence-electron chi connectivity index (χ0n) is 10.4. The lowest BCUT2D eigenvalue weighted by Gasteiger charge is -2.06. The third-order valence-electron chi connectivity index (χ3n) is 2.30. The van der Waals surface area contributed by atoms with E-state index in [-0.39, 0.29) is 12.0 Å². The summed E-state index contributed by atoms with van der Waals surface area (Å²) < 4.78 is 1.06. The molecule has 1 amide bonds. The Kier molecular flexibility index (Phi) is 7.39. The summed E-state index contributed by atoms with van der Waals surface area (Å²) in [5.74, 6) is 0.808. The molecule has 0 aliphatic rings. The van der Waals surface area contributed by atoms with Crippen molar-refractivity contribution in [2.75, 3.05) is 12.3 Å². The van der Waals surface area contributed by atoms with Gasteiger partial charge in [0.05, 0.1) is 6.10 Å². The Morgan fingerprint density at radius 1 is 1.44 bits per heavy atom. The van der Waals surface area contributed by atoms with Crippen molar-refractivity contribution in [2.24, 2.45) is 0 Å². The number of benzene rings is 1. The topological polar surface area (TPSA) is 49.3 Å². The van der Waals surface area contributed by atoms with Gasteiger partial charge in [-0.3, -0.25) is 4.79 Å². The van der Waals surface area contributed by atoms with Crippen molar-refractivity contribution in [3.05, 3.63) is 28.7 Å². The fourth-order valence-corrected chi connectivity index (χ4v) is 2.42. The smallest absolute Gasteiger partial charge is 0.220 e.